The number of aliphatic hydroxyl groups is 7. The molecule has 11 atom stereocenters. The second-order valence-corrected chi connectivity index (χ2v) is 11.3. The van der Waals surface area contributed by atoms with Gasteiger partial charge in [-0.05, 0) is 51.9 Å². The van der Waals surface area contributed by atoms with Gasteiger partial charge in [-0.1, -0.05) is 43.6 Å². The first kappa shape index (κ1) is 37.7. The summed E-state index contributed by atoms with van der Waals surface area (Å²) in [5.74, 6) is -0.733. The van der Waals surface area contributed by atoms with E-state index in [-0.39, 0.29) is 12.5 Å². The highest BCUT2D eigenvalue weighted by Gasteiger charge is 2.51. The minimum Gasteiger partial charge on any atom is -0.481 e. The van der Waals surface area contributed by atoms with Gasteiger partial charge in [0.25, 0.3) is 0 Å². The third-order valence-electron chi connectivity index (χ3n) is 7.68. The molecule has 8 N–H and O–H groups in total. The highest BCUT2D eigenvalue weighted by Crippen LogP contribution is 2.30. The summed E-state index contributed by atoms with van der Waals surface area (Å²) in [4.78, 5) is 10.5. The van der Waals surface area contributed by atoms with E-state index in [4.69, 9.17) is 24.1 Å². The SMILES string of the molecule is CC(CCC/C=C\C/C=C\CCCCCCCC(=O)O)O[C@@H]1O[C@H](CO)[C@@H](O)[C@H](O)[C@H]1O[C@@H]1O[C@H](CO)[C@@H](O)[C@H](O)[C@H]1O. The standard InChI is InChI=1S/C30H52O13/c1-19(15-13-11-9-7-5-3-2-4-6-8-10-12-14-16-22(33)34)40-30-28(26(38)24(36)21(18-32)42-30)43-29-27(39)25(37)23(35)20(17-31)41-29/h2-3,7,9,19-21,23-32,35-39H,4-6,8,10-18H2,1H3,(H,33,34)/b3-2-,9-7-/t19?,20-,21-,23-,24-,25+,26+,27-,28-,29+,30-/m1/s1. The summed E-state index contributed by atoms with van der Waals surface area (Å²) in [6.45, 7) is 0.551. The molecule has 0 spiro atoms. The number of unbranched alkanes of at least 4 members (excludes halogenated alkanes) is 6. The quantitative estimate of drug-likeness (QED) is 0.0688. The molecule has 0 aromatic carbocycles. The molecule has 250 valence electrons. The highest BCUT2D eigenvalue weighted by molar-refractivity contribution is 5.66. The van der Waals surface area contributed by atoms with Crippen LogP contribution in [0.15, 0.2) is 24.3 Å². The van der Waals surface area contributed by atoms with E-state index in [1.165, 1.54) is 0 Å². The zero-order valence-electron chi connectivity index (χ0n) is 25.0. The van der Waals surface area contributed by atoms with Crippen LogP contribution in [0.1, 0.15) is 77.6 Å². The van der Waals surface area contributed by atoms with Crippen molar-refractivity contribution in [1.29, 1.82) is 0 Å². The number of aliphatic carboxylic acids is 1. The molecule has 0 aliphatic carbocycles. The number of rotatable bonds is 20. The van der Waals surface area contributed by atoms with Crippen LogP contribution in [0.2, 0.25) is 0 Å². The molecule has 43 heavy (non-hydrogen) atoms. The Bertz CT molecular complexity index is 822. The van der Waals surface area contributed by atoms with Crippen LogP contribution >= 0.6 is 0 Å². The summed E-state index contributed by atoms with van der Waals surface area (Å²) in [5.41, 5.74) is 0. The van der Waals surface area contributed by atoms with E-state index < -0.39 is 80.6 Å². The third-order valence-corrected chi connectivity index (χ3v) is 7.68. The number of aliphatic hydroxyl groups excluding tert-OH is 7. The lowest BCUT2D eigenvalue weighted by atomic mass is 9.97. The van der Waals surface area contributed by atoms with Crippen molar-refractivity contribution in [2.45, 2.75) is 145 Å². The maximum Gasteiger partial charge on any atom is 0.303 e. The second kappa shape index (κ2) is 20.5. The minimum absolute atomic E-state index is 0.247. The predicted octanol–water partition coefficient (Wildman–Crippen LogP) is 0.504. The van der Waals surface area contributed by atoms with Crippen molar-refractivity contribution in [2.75, 3.05) is 13.2 Å². The van der Waals surface area contributed by atoms with Gasteiger partial charge < -0.3 is 59.8 Å². The first-order chi connectivity index (χ1) is 20.6. The van der Waals surface area contributed by atoms with Gasteiger partial charge in [0, 0.05) is 6.42 Å². The van der Waals surface area contributed by atoms with Gasteiger partial charge in [0.2, 0.25) is 0 Å². The summed E-state index contributed by atoms with van der Waals surface area (Å²) in [6.07, 6.45) is 2.64. The van der Waals surface area contributed by atoms with Crippen LogP contribution in [0, 0.1) is 0 Å². The smallest absolute Gasteiger partial charge is 0.303 e. The van der Waals surface area contributed by atoms with Crippen LogP contribution in [0.25, 0.3) is 0 Å². The molecule has 13 heteroatoms. The zero-order chi connectivity index (χ0) is 31.8. The Hall–Kier alpha value is -1.49. The summed E-state index contributed by atoms with van der Waals surface area (Å²) in [5, 5.41) is 79.2. The summed E-state index contributed by atoms with van der Waals surface area (Å²) < 4.78 is 22.7. The van der Waals surface area contributed by atoms with Gasteiger partial charge in [-0.2, -0.15) is 0 Å². The fourth-order valence-corrected chi connectivity index (χ4v) is 5.04. The first-order valence-electron chi connectivity index (χ1n) is 15.4. The number of carboxylic acids is 1. The van der Waals surface area contributed by atoms with E-state index in [0.717, 1.165) is 57.8 Å². The number of hydrogen-bond donors (Lipinski definition) is 8. The highest BCUT2D eigenvalue weighted by atomic mass is 16.8. The van der Waals surface area contributed by atoms with Crippen LogP contribution in [-0.2, 0) is 23.7 Å². The van der Waals surface area contributed by atoms with E-state index in [2.05, 4.69) is 24.3 Å². The van der Waals surface area contributed by atoms with Gasteiger partial charge in [-0.15, -0.1) is 0 Å². The number of allylic oxidation sites excluding steroid dienone is 4. The monoisotopic (exact) mass is 620 g/mol. The lowest BCUT2D eigenvalue weighted by Gasteiger charge is -2.46. The Morgan fingerprint density at radius 2 is 1.28 bits per heavy atom. The van der Waals surface area contributed by atoms with Gasteiger partial charge in [0.05, 0.1) is 19.3 Å². The number of ether oxygens (including phenoxy) is 4. The lowest BCUT2D eigenvalue weighted by molar-refractivity contribution is -0.371. The topological polar surface area (TPSA) is 216 Å². The molecule has 2 aliphatic rings. The number of hydrogen-bond acceptors (Lipinski definition) is 12. The van der Waals surface area contributed by atoms with Crippen molar-refractivity contribution in [3.63, 3.8) is 0 Å². The van der Waals surface area contributed by atoms with Crippen molar-refractivity contribution in [3.05, 3.63) is 24.3 Å². The predicted molar refractivity (Wildman–Crippen MR) is 154 cm³/mol. The molecule has 2 rings (SSSR count). The molecule has 2 aliphatic heterocycles. The fourth-order valence-electron chi connectivity index (χ4n) is 5.04. The third kappa shape index (κ3) is 12.8. The second-order valence-electron chi connectivity index (χ2n) is 11.3. The molecule has 2 saturated heterocycles. The summed E-state index contributed by atoms with van der Waals surface area (Å²) in [6, 6.07) is 0. The molecule has 0 saturated carbocycles. The molecule has 2 heterocycles. The van der Waals surface area contributed by atoms with Gasteiger partial charge in [-0.3, -0.25) is 4.79 Å². The van der Waals surface area contributed by atoms with Crippen LogP contribution in [-0.4, -0.2) is 128 Å². The fraction of sp³-hybridized carbons (Fsp3) is 0.833. The Kier molecular flexibility index (Phi) is 18.0. The molecule has 0 bridgehead atoms. The van der Waals surface area contributed by atoms with Gasteiger partial charge in [0.1, 0.15) is 48.8 Å². The Balaban J connectivity index is 1.75. The lowest BCUT2D eigenvalue weighted by Crippen LogP contribution is -2.64. The van der Waals surface area contributed by atoms with Crippen molar-refractivity contribution in [1.82, 2.24) is 0 Å². The van der Waals surface area contributed by atoms with E-state index in [9.17, 15) is 40.5 Å². The Labute approximate surface area is 253 Å². The number of carbonyl (C=O) groups is 1. The van der Waals surface area contributed by atoms with Gasteiger partial charge >= 0.3 is 5.97 Å². The molecular weight excluding hydrogens is 568 g/mol. The van der Waals surface area contributed by atoms with Gasteiger partial charge in [-0.25, -0.2) is 0 Å². The molecule has 1 unspecified atom stereocenters. The van der Waals surface area contributed by atoms with Crippen molar-refractivity contribution in [2.24, 2.45) is 0 Å². The molecule has 0 amide bonds. The van der Waals surface area contributed by atoms with E-state index in [0.29, 0.717) is 6.42 Å². The largest absolute Gasteiger partial charge is 0.481 e. The van der Waals surface area contributed by atoms with Crippen LogP contribution in [0.4, 0.5) is 0 Å². The molecule has 0 aromatic rings. The maximum absolute atomic E-state index is 10.7. The Morgan fingerprint density at radius 1 is 0.721 bits per heavy atom. The average Bonchev–Trinajstić information content (AvgIpc) is 2.98. The van der Waals surface area contributed by atoms with Crippen LogP contribution < -0.4 is 0 Å². The van der Waals surface area contributed by atoms with Crippen molar-refractivity contribution < 1.29 is 64.6 Å². The first-order valence-corrected chi connectivity index (χ1v) is 15.4. The molecule has 0 radical (unpaired) electrons. The van der Waals surface area contributed by atoms with Crippen LogP contribution in [0.3, 0.4) is 0 Å². The van der Waals surface area contributed by atoms with Crippen molar-refractivity contribution in [3.8, 4) is 0 Å². The summed E-state index contributed by atoms with van der Waals surface area (Å²) in [7, 11) is 0. The molecule has 13 nitrogen and oxygen atoms in total. The van der Waals surface area contributed by atoms with Crippen molar-refractivity contribution >= 4 is 5.97 Å². The summed E-state index contributed by atoms with van der Waals surface area (Å²) >= 11 is 0. The van der Waals surface area contributed by atoms with Crippen LogP contribution in [0.5, 0.6) is 0 Å². The maximum atomic E-state index is 10.7. The van der Waals surface area contributed by atoms with E-state index in [1.54, 1.807) is 6.92 Å². The molecular formula is C30H52O13. The minimum atomic E-state index is -1.72. The zero-order valence-corrected chi connectivity index (χ0v) is 25.0. The molecule has 0 aromatic heterocycles. The van der Waals surface area contributed by atoms with Gasteiger partial charge in [0.15, 0.2) is 12.6 Å². The Morgan fingerprint density at radius 3 is 1.91 bits per heavy atom. The normalized spacial score (nSPS) is 34.2. The molecule has 2 fully saturated rings. The number of carboxylic acid groups (broad SMARTS) is 1. The van der Waals surface area contributed by atoms with E-state index >= 15 is 0 Å². The van der Waals surface area contributed by atoms with E-state index in [1.807, 2.05) is 0 Å². The average molecular weight is 621 g/mol.